The van der Waals surface area contributed by atoms with Crippen molar-refractivity contribution >= 4 is 0 Å². The number of likely N-dealkylation sites (tertiary alicyclic amines) is 1. The molecule has 0 amide bonds. The van der Waals surface area contributed by atoms with Crippen molar-refractivity contribution in [1.82, 2.24) is 4.90 Å². The fourth-order valence-electron chi connectivity index (χ4n) is 4.72. The molecule has 0 bridgehead atoms. The van der Waals surface area contributed by atoms with Gasteiger partial charge in [-0.3, -0.25) is 4.90 Å². The lowest BCUT2D eigenvalue weighted by atomic mass is 9.88. The molecule has 2 aromatic carbocycles. The normalized spacial score (nSPS) is 24.0. The van der Waals surface area contributed by atoms with Crippen LogP contribution >= 0.6 is 0 Å². The molecule has 0 aromatic heterocycles. The van der Waals surface area contributed by atoms with Crippen LogP contribution in [0.25, 0.3) is 0 Å². The number of hydrogen-bond donors (Lipinski definition) is 1. The van der Waals surface area contributed by atoms with Crippen molar-refractivity contribution < 1.29 is 0 Å². The molecule has 1 saturated heterocycles. The fourth-order valence-corrected chi connectivity index (χ4v) is 4.72. The topological polar surface area (TPSA) is 29.3 Å². The lowest BCUT2D eigenvalue weighted by Gasteiger charge is -2.36. The lowest BCUT2D eigenvalue weighted by Crippen LogP contribution is -2.47. The molecule has 1 aliphatic heterocycles. The lowest BCUT2D eigenvalue weighted by molar-refractivity contribution is 0.149. The number of aryl methyl sites for hydroxylation is 2. The molecule has 1 fully saturated rings. The van der Waals surface area contributed by atoms with E-state index >= 15 is 0 Å². The first kappa shape index (κ1) is 16.8. The second kappa shape index (κ2) is 7.72. The maximum absolute atomic E-state index is 6.39. The minimum absolute atomic E-state index is 0.306. The van der Waals surface area contributed by atoms with Crippen LogP contribution < -0.4 is 5.73 Å². The van der Waals surface area contributed by atoms with E-state index in [4.69, 9.17) is 5.73 Å². The zero-order valence-electron chi connectivity index (χ0n) is 15.2. The molecular weight excluding hydrogens is 304 g/mol. The van der Waals surface area contributed by atoms with Crippen LogP contribution in [0.2, 0.25) is 0 Å². The summed E-state index contributed by atoms with van der Waals surface area (Å²) in [6.07, 6.45) is 7.53. The average molecular weight is 335 g/mol. The van der Waals surface area contributed by atoms with Crippen LogP contribution in [0.15, 0.2) is 48.5 Å². The summed E-state index contributed by atoms with van der Waals surface area (Å²) in [4.78, 5) is 2.58. The van der Waals surface area contributed by atoms with Gasteiger partial charge < -0.3 is 5.73 Å². The van der Waals surface area contributed by atoms with Gasteiger partial charge in [-0.25, -0.2) is 0 Å². The summed E-state index contributed by atoms with van der Waals surface area (Å²) < 4.78 is 0. The first-order valence-corrected chi connectivity index (χ1v) is 9.89. The highest BCUT2D eigenvalue weighted by atomic mass is 15.1. The summed E-state index contributed by atoms with van der Waals surface area (Å²) in [5.41, 5.74) is 12.5. The van der Waals surface area contributed by atoms with E-state index in [1.54, 1.807) is 11.1 Å². The van der Waals surface area contributed by atoms with Gasteiger partial charge in [-0.1, -0.05) is 48.5 Å². The van der Waals surface area contributed by atoms with Crippen molar-refractivity contribution in [3.63, 3.8) is 0 Å². The first-order valence-electron chi connectivity index (χ1n) is 9.89. The number of nitrogens with two attached hydrogens (primary N) is 1. The minimum atomic E-state index is 0.306. The van der Waals surface area contributed by atoms with Gasteiger partial charge in [0.2, 0.25) is 0 Å². The highest BCUT2D eigenvalue weighted by Crippen LogP contribution is 2.25. The molecule has 0 spiro atoms. The van der Waals surface area contributed by atoms with Gasteiger partial charge in [0.25, 0.3) is 0 Å². The van der Waals surface area contributed by atoms with Gasteiger partial charge in [0.15, 0.2) is 0 Å². The smallest absolute Gasteiger partial charge is 0.0234 e. The van der Waals surface area contributed by atoms with Crippen LogP contribution in [0.4, 0.5) is 0 Å². The molecule has 25 heavy (non-hydrogen) atoms. The van der Waals surface area contributed by atoms with Gasteiger partial charge in [0.05, 0.1) is 0 Å². The molecule has 2 atom stereocenters. The number of piperidine rings is 1. The van der Waals surface area contributed by atoms with Crippen molar-refractivity contribution in [2.75, 3.05) is 13.1 Å². The van der Waals surface area contributed by atoms with Crippen molar-refractivity contribution in [2.24, 2.45) is 11.7 Å². The Morgan fingerprint density at radius 2 is 1.68 bits per heavy atom. The zero-order chi connectivity index (χ0) is 17.1. The fraction of sp³-hybridized carbons (Fsp3) is 0.478. The summed E-state index contributed by atoms with van der Waals surface area (Å²) in [5, 5.41) is 0. The number of fused-ring (bicyclic) bond motifs is 1. The largest absolute Gasteiger partial charge is 0.327 e. The second-order valence-corrected chi connectivity index (χ2v) is 8.06. The predicted octanol–water partition coefficient (Wildman–Crippen LogP) is 3.96. The van der Waals surface area contributed by atoms with E-state index in [0.29, 0.717) is 12.0 Å². The SMILES string of the molecule is NC1CC(Cc2ccccc2)CN(Cc2ccc3c(c2)CCCC3)C1. The van der Waals surface area contributed by atoms with Crippen LogP contribution in [0.1, 0.15) is 41.5 Å². The molecule has 1 heterocycles. The monoisotopic (exact) mass is 334 g/mol. The van der Waals surface area contributed by atoms with Gasteiger partial charge in [0.1, 0.15) is 0 Å². The van der Waals surface area contributed by atoms with Crippen LogP contribution in [0, 0.1) is 5.92 Å². The van der Waals surface area contributed by atoms with E-state index in [9.17, 15) is 0 Å². The third kappa shape index (κ3) is 4.31. The van der Waals surface area contributed by atoms with Gasteiger partial charge in [0, 0.05) is 25.7 Å². The Morgan fingerprint density at radius 3 is 2.52 bits per heavy atom. The van der Waals surface area contributed by atoms with Crippen molar-refractivity contribution in [3.8, 4) is 0 Å². The van der Waals surface area contributed by atoms with Crippen molar-refractivity contribution in [2.45, 2.75) is 51.1 Å². The van der Waals surface area contributed by atoms with Gasteiger partial charge in [-0.15, -0.1) is 0 Å². The summed E-state index contributed by atoms with van der Waals surface area (Å²) in [7, 11) is 0. The third-order valence-electron chi connectivity index (χ3n) is 5.83. The Morgan fingerprint density at radius 1 is 0.880 bits per heavy atom. The summed E-state index contributed by atoms with van der Waals surface area (Å²) in [6, 6.07) is 18.3. The summed E-state index contributed by atoms with van der Waals surface area (Å²) in [6.45, 7) is 3.24. The second-order valence-electron chi connectivity index (χ2n) is 8.06. The quantitative estimate of drug-likeness (QED) is 0.917. The Labute approximate surface area is 152 Å². The molecule has 2 heteroatoms. The van der Waals surface area contributed by atoms with E-state index in [0.717, 1.165) is 25.9 Å². The van der Waals surface area contributed by atoms with Gasteiger partial charge >= 0.3 is 0 Å². The van der Waals surface area contributed by atoms with E-state index in [1.807, 2.05) is 0 Å². The van der Waals surface area contributed by atoms with E-state index in [1.165, 1.54) is 43.4 Å². The molecule has 2 nitrogen and oxygen atoms in total. The van der Waals surface area contributed by atoms with Crippen molar-refractivity contribution in [3.05, 3.63) is 70.8 Å². The number of rotatable bonds is 4. The van der Waals surface area contributed by atoms with Gasteiger partial charge in [-0.2, -0.15) is 0 Å². The Kier molecular flexibility index (Phi) is 5.19. The molecule has 2 aromatic rings. The molecule has 2 unspecified atom stereocenters. The van der Waals surface area contributed by atoms with E-state index in [-0.39, 0.29) is 0 Å². The van der Waals surface area contributed by atoms with Gasteiger partial charge in [-0.05, 0) is 66.7 Å². The highest BCUT2D eigenvalue weighted by Gasteiger charge is 2.25. The molecular formula is C23H30N2. The van der Waals surface area contributed by atoms with Crippen LogP contribution in [0.3, 0.4) is 0 Å². The van der Waals surface area contributed by atoms with E-state index < -0.39 is 0 Å². The molecule has 132 valence electrons. The molecule has 4 rings (SSSR count). The molecule has 1 aliphatic carbocycles. The summed E-state index contributed by atoms with van der Waals surface area (Å²) in [5.74, 6) is 0.670. The molecule has 0 saturated carbocycles. The standard InChI is InChI=1S/C23H30N2/c24-23-14-20(12-18-6-2-1-3-7-18)16-25(17-23)15-19-10-11-21-8-4-5-9-22(21)13-19/h1-3,6-7,10-11,13,20,23H,4-5,8-9,12,14-17,24H2. The molecule has 2 N–H and O–H groups in total. The van der Waals surface area contributed by atoms with Crippen LogP contribution in [-0.4, -0.2) is 24.0 Å². The number of hydrogen-bond acceptors (Lipinski definition) is 2. The zero-order valence-corrected chi connectivity index (χ0v) is 15.2. The van der Waals surface area contributed by atoms with Crippen LogP contribution in [0.5, 0.6) is 0 Å². The third-order valence-corrected chi connectivity index (χ3v) is 5.83. The molecule has 0 radical (unpaired) electrons. The van der Waals surface area contributed by atoms with E-state index in [2.05, 4.69) is 53.4 Å². The number of benzene rings is 2. The Bertz CT molecular complexity index is 694. The first-order chi connectivity index (χ1) is 12.3. The molecule has 2 aliphatic rings. The van der Waals surface area contributed by atoms with Crippen LogP contribution in [-0.2, 0) is 25.8 Å². The van der Waals surface area contributed by atoms with Crippen molar-refractivity contribution in [1.29, 1.82) is 0 Å². The predicted molar refractivity (Wildman–Crippen MR) is 105 cm³/mol. The Hall–Kier alpha value is -1.64. The maximum Gasteiger partial charge on any atom is 0.0234 e. The Balaban J connectivity index is 1.41. The maximum atomic E-state index is 6.39. The minimum Gasteiger partial charge on any atom is -0.327 e. The highest BCUT2D eigenvalue weighted by molar-refractivity contribution is 5.33. The number of nitrogens with zero attached hydrogens (tertiary/aromatic N) is 1. The summed E-state index contributed by atoms with van der Waals surface area (Å²) >= 11 is 0. The average Bonchev–Trinajstić information content (AvgIpc) is 2.62.